The summed E-state index contributed by atoms with van der Waals surface area (Å²) < 4.78 is 17.2. The number of ether oxygens (including phenoxy) is 3. The predicted molar refractivity (Wildman–Crippen MR) is 94.5 cm³/mol. The van der Waals surface area contributed by atoms with Crippen molar-refractivity contribution in [1.29, 1.82) is 0 Å². The number of nitrogens with one attached hydrogen (secondary N) is 1. The first-order valence-electron chi connectivity index (χ1n) is 8.09. The number of benzene rings is 2. The topological polar surface area (TPSA) is 91.8 Å². The lowest BCUT2D eigenvalue weighted by molar-refractivity contribution is 0.0159. The van der Waals surface area contributed by atoms with E-state index in [9.17, 15) is 0 Å². The number of nitrogen functional groups attached to an aromatic ring is 2. The van der Waals surface area contributed by atoms with E-state index in [1.165, 1.54) is 0 Å². The Morgan fingerprint density at radius 2 is 1.88 bits per heavy atom. The Morgan fingerprint density at radius 3 is 2.67 bits per heavy atom. The molecule has 1 fully saturated rings. The van der Waals surface area contributed by atoms with Gasteiger partial charge < -0.3 is 31.0 Å². The van der Waals surface area contributed by atoms with Gasteiger partial charge in [0.05, 0.1) is 30.7 Å². The van der Waals surface area contributed by atoms with Crippen LogP contribution in [0.1, 0.15) is 6.42 Å². The van der Waals surface area contributed by atoms with Gasteiger partial charge in [-0.1, -0.05) is 6.07 Å². The van der Waals surface area contributed by atoms with E-state index in [4.69, 9.17) is 25.7 Å². The number of anilines is 2. The lowest BCUT2D eigenvalue weighted by Gasteiger charge is -2.23. The van der Waals surface area contributed by atoms with Crippen molar-refractivity contribution in [3.05, 3.63) is 42.5 Å². The molecule has 2 aromatic rings. The molecule has 0 amide bonds. The summed E-state index contributed by atoms with van der Waals surface area (Å²) in [5, 5.41) is 3.31. The van der Waals surface area contributed by atoms with E-state index < -0.39 is 0 Å². The third-order valence-electron chi connectivity index (χ3n) is 3.81. The lowest BCUT2D eigenvalue weighted by Crippen LogP contribution is -2.39. The molecule has 0 bridgehead atoms. The van der Waals surface area contributed by atoms with Crippen molar-refractivity contribution >= 4 is 11.4 Å². The summed E-state index contributed by atoms with van der Waals surface area (Å²) in [4.78, 5) is 0. The maximum absolute atomic E-state index is 5.80. The normalized spacial score (nSPS) is 17.4. The third kappa shape index (κ3) is 4.53. The van der Waals surface area contributed by atoms with Crippen LogP contribution >= 0.6 is 0 Å². The summed E-state index contributed by atoms with van der Waals surface area (Å²) in [6.07, 6.45) is 1.07. The van der Waals surface area contributed by atoms with Gasteiger partial charge in [-0.05, 0) is 24.3 Å². The van der Waals surface area contributed by atoms with Crippen LogP contribution in [0.15, 0.2) is 42.5 Å². The SMILES string of the molecule is Nc1ccc(Oc2cccc(OCCC3CNCCO3)c2)cc1N. The molecule has 1 aliphatic rings. The van der Waals surface area contributed by atoms with E-state index >= 15 is 0 Å². The highest BCUT2D eigenvalue weighted by molar-refractivity contribution is 5.65. The molecule has 6 heteroatoms. The summed E-state index contributed by atoms with van der Waals surface area (Å²) in [5.74, 6) is 2.09. The molecular formula is C18H23N3O3. The fourth-order valence-electron chi connectivity index (χ4n) is 2.49. The molecule has 0 aliphatic carbocycles. The zero-order chi connectivity index (χ0) is 16.8. The summed E-state index contributed by atoms with van der Waals surface area (Å²) in [7, 11) is 0. The van der Waals surface area contributed by atoms with Crippen molar-refractivity contribution in [1.82, 2.24) is 5.32 Å². The summed E-state index contributed by atoms with van der Waals surface area (Å²) in [6.45, 7) is 3.17. The van der Waals surface area contributed by atoms with Gasteiger partial charge in [-0.3, -0.25) is 0 Å². The van der Waals surface area contributed by atoms with E-state index in [0.717, 1.165) is 31.9 Å². The van der Waals surface area contributed by atoms with Crippen molar-refractivity contribution in [2.24, 2.45) is 0 Å². The Morgan fingerprint density at radius 1 is 1.04 bits per heavy atom. The third-order valence-corrected chi connectivity index (χ3v) is 3.81. The molecule has 1 saturated heterocycles. The van der Waals surface area contributed by atoms with Crippen LogP contribution in [0.2, 0.25) is 0 Å². The highest BCUT2D eigenvalue weighted by Gasteiger charge is 2.13. The van der Waals surface area contributed by atoms with Crippen LogP contribution in [0, 0.1) is 0 Å². The largest absolute Gasteiger partial charge is 0.493 e. The van der Waals surface area contributed by atoms with Crippen molar-refractivity contribution in [2.45, 2.75) is 12.5 Å². The van der Waals surface area contributed by atoms with Crippen LogP contribution in [0.3, 0.4) is 0 Å². The summed E-state index contributed by atoms with van der Waals surface area (Å²) >= 11 is 0. The Kier molecular flexibility index (Phi) is 5.40. The summed E-state index contributed by atoms with van der Waals surface area (Å²) in [6, 6.07) is 12.7. The summed E-state index contributed by atoms with van der Waals surface area (Å²) in [5.41, 5.74) is 12.5. The number of nitrogens with two attached hydrogens (primary N) is 2. The number of hydrogen-bond donors (Lipinski definition) is 3. The number of morpholine rings is 1. The van der Waals surface area contributed by atoms with Crippen molar-refractivity contribution in [2.75, 3.05) is 37.8 Å². The minimum Gasteiger partial charge on any atom is -0.493 e. The average molecular weight is 329 g/mol. The Bertz CT molecular complexity index is 672. The second-order valence-electron chi connectivity index (χ2n) is 5.70. The molecule has 3 rings (SSSR count). The predicted octanol–water partition coefficient (Wildman–Crippen LogP) is 2.40. The second-order valence-corrected chi connectivity index (χ2v) is 5.70. The highest BCUT2D eigenvalue weighted by Crippen LogP contribution is 2.28. The van der Waals surface area contributed by atoms with Crippen molar-refractivity contribution < 1.29 is 14.2 Å². The van der Waals surface area contributed by atoms with Gasteiger partial charge in [0.25, 0.3) is 0 Å². The zero-order valence-corrected chi connectivity index (χ0v) is 13.5. The fourth-order valence-corrected chi connectivity index (χ4v) is 2.49. The molecule has 128 valence electrons. The lowest BCUT2D eigenvalue weighted by atomic mass is 10.2. The van der Waals surface area contributed by atoms with Crippen LogP contribution in [0.4, 0.5) is 11.4 Å². The van der Waals surface area contributed by atoms with Crippen molar-refractivity contribution in [3.63, 3.8) is 0 Å². The van der Waals surface area contributed by atoms with E-state index in [-0.39, 0.29) is 6.10 Å². The molecule has 2 aromatic carbocycles. The molecule has 24 heavy (non-hydrogen) atoms. The van der Waals surface area contributed by atoms with Gasteiger partial charge in [0.2, 0.25) is 0 Å². The van der Waals surface area contributed by atoms with Crippen LogP contribution in [-0.4, -0.2) is 32.4 Å². The standard InChI is InChI=1S/C18H23N3O3/c19-17-5-4-15(11-18(17)20)24-14-3-1-2-13(10-14)22-8-6-16-12-21-7-9-23-16/h1-5,10-11,16,21H,6-9,12,19-20H2. The minimum absolute atomic E-state index is 0.218. The van der Waals surface area contributed by atoms with Crippen LogP contribution in [-0.2, 0) is 4.74 Å². The van der Waals surface area contributed by atoms with E-state index in [0.29, 0.717) is 29.5 Å². The molecule has 1 unspecified atom stereocenters. The monoisotopic (exact) mass is 329 g/mol. The Labute approximate surface area is 141 Å². The molecule has 0 radical (unpaired) electrons. The van der Waals surface area contributed by atoms with Gasteiger partial charge in [-0.25, -0.2) is 0 Å². The van der Waals surface area contributed by atoms with Crippen LogP contribution < -0.4 is 26.3 Å². The molecule has 0 saturated carbocycles. The fraction of sp³-hybridized carbons (Fsp3) is 0.333. The van der Waals surface area contributed by atoms with E-state index in [1.807, 2.05) is 24.3 Å². The van der Waals surface area contributed by atoms with E-state index in [1.54, 1.807) is 18.2 Å². The molecule has 1 atom stereocenters. The van der Waals surface area contributed by atoms with Gasteiger partial charge >= 0.3 is 0 Å². The maximum atomic E-state index is 5.80. The van der Waals surface area contributed by atoms with Gasteiger partial charge in [0.1, 0.15) is 17.2 Å². The molecule has 5 N–H and O–H groups in total. The second kappa shape index (κ2) is 7.90. The first-order chi connectivity index (χ1) is 11.7. The van der Waals surface area contributed by atoms with Gasteiger partial charge in [-0.15, -0.1) is 0 Å². The van der Waals surface area contributed by atoms with Gasteiger partial charge in [0.15, 0.2) is 0 Å². The molecule has 1 heterocycles. The van der Waals surface area contributed by atoms with E-state index in [2.05, 4.69) is 5.32 Å². The number of hydrogen-bond acceptors (Lipinski definition) is 6. The minimum atomic E-state index is 0.218. The smallest absolute Gasteiger partial charge is 0.131 e. The van der Waals surface area contributed by atoms with Gasteiger partial charge in [0, 0.05) is 31.6 Å². The van der Waals surface area contributed by atoms with Crippen LogP contribution in [0.25, 0.3) is 0 Å². The highest BCUT2D eigenvalue weighted by atomic mass is 16.5. The number of rotatable bonds is 6. The molecule has 0 spiro atoms. The molecule has 0 aromatic heterocycles. The molecule has 1 aliphatic heterocycles. The molecule has 6 nitrogen and oxygen atoms in total. The maximum Gasteiger partial charge on any atom is 0.131 e. The van der Waals surface area contributed by atoms with Crippen LogP contribution in [0.5, 0.6) is 17.2 Å². The molecular weight excluding hydrogens is 306 g/mol. The average Bonchev–Trinajstić information content (AvgIpc) is 2.60. The quantitative estimate of drug-likeness (QED) is 0.705. The Hall–Kier alpha value is -2.44. The first kappa shape index (κ1) is 16.4. The van der Waals surface area contributed by atoms with Gasteiger partial charge in [-0.2, -0.15) is 0 Å². The Balaban J connectivity index is 1.54. The zero-order valence-electron chi connectivity index (χ0n) is 13.5. The van der Waals surface area contributed by atoms with Crippen molar-refractivity contribution in [3.8, 4) is 17.2 Å². The first-order valence-corrected chi connectivity index (χ1v) is 8.09.